The van der Waals surface area contributed by atoms with Crippen LogP contribution in [-0.2, 0) is 0 Å². The zero-order valence-electron chi connectivity index (χ0n) is 8.35. The molecule has 0 saturated carbocycles. The van der Waals surface area contributed by atoms with Crippen LogP contribution < -0.4 is 0 Å². The van der Waals surface area contributed by atoms with Crippen LogP contribution in [0.15, 0.2) is 24.3 Å². The Balaban J connectivity index is 2.72. The minimum atomic E-state index is -1.15. The van der Waals surface area contributed by atoms with E-state index in [9.17, 15) is 9.59 Å². The van der Waals surface area contributed by atoms with Crippen molar-refractivity contribution in [1.82, 2.24) is 4.98 Å². The maximum Gasteiger partial charge on any atom is 0.354 e. The molecule has 0 fully saturated rings. The van der Waals surface area contributed by atoms with E-state index in [-0.39, 0.29) is 16.3 Å². The number of aromatic nitrogens is 1. The third-order valence-corrected chi connectivity index (χ3v) is 2.66. The standard InChI is InChI=1S/C11H6ClNO4/c12-9-5-1-4-8(11(16)17)13-7(5)3-2-6(9)10(14)15/h1-4H,(H,14,15)(H,16,17). The summed E-state index contributed by atoms with van der Waals surface area (Å²) in [5.41, 5.74) is 0.195. The van der Waals surface area contributed by atoms with Crippen molar-refractivity contribution in [2.45, 2.75) is 0 Å². The van der Waals surface area contributed by atoms with Crippen LogP contribution in [0.25, 0.3) is 10.9 Å². The molecule has 1 aromatic carbocycles. The molecule has 17 heavy (non-hydrogen) atoms. The van der Waals surface area contributed by atoms with Crippen LogP contribution in [0.3, 0.4) is 0 Å². The number of halogens is 1. The molecule has 6 heteroatoms. The number of carbonyl (C=O) groups is 2. The van der Waals surface area contributed by atoms with E-state index in [0.29, 0.717) is 10.9 Å². The van der Waals surface area contributed by atoms with E-state index < -0.39 is 11.9 Å². The number of hydrogen-bond acceptors (Lipinski definition) is 3. The molecule has 0 amide bonds. The number of aromatic carboxylic acids is 2. The molecule has 1 aromatic heterocycles. The molecule has 0 saturated heterocycles. The highest BCUT2D eigenvalue weighted by Crippen LogP contribution is 2.26. The summed E-state index contributed by atoms with van der Waals surface area (Å²) in [4.78, 5) is 25.4. The first kappa shape index (κ1) is 11.3. The Morgan fingerprint density at radius 2 is 1.76 bits per heavy atom. The van der Waals surface area contributed by atoms with Crippen LogP contribution in [0.2, 0.25) is 5.02 Å². The molecule has 0 spiro atoms. The van der Waals surface area contributed by atoms with E-state index in [1.54, 1.807) is 0 Å². The van der Waals surface area contributed by atoms with Crippen LogP contribution in [0, 0.1) is 0 Å². The van der Waals surface area contributed by atoms with Gasteiger partial charge in [0.15, 0.2) is 0 Å². The van der Waals surface area contributed by atoms with Crippen LogP contribution >= 0.6 is 11.6 Å². The van der Waals surface area contributed by atoms with Gasteiger partial charge in [-0.05, 0) is 24.3 Å². The molecule has 0 bridgehead atoms. The summed E-state index contributed by atoms with van der Waals surface area (Å²) >= 11 is 5.90. The van der Waals surface area contributed by atoms with Gasteiger partial charge in [-0.2, -0.15) is 0 Å². The molecular formula is C11H6ClNO4. The molecule has 86 valence electrons. The second-order valence-corrected chi connectivity index (χ2v) is 3.68. The second kappa shape index (κ2) is 4.03. The third kappa shape index (κ3) is 1.92. The smallest absolute Gasteiger partial charge is 0.354 e. The Hall–Kier alpha value is -2.14. The van der Waals surface area contributed by atoms with Crippen molar-refractivity contribution in [3.05, 3.63) is 40.5 Å². The van der Waals surface area contributed by atoms with E-state index in [0.717, 1.165) is 0 Å². The van der Waals surface area contributed by atoms with Crippen molar-refractivity contribution < 1.29 is 19.8 Å². The average Bonchev–Trinajstić information content (AvgIpc) is 2.28. The molecule has 0 aliphatic rings. The van der Waals surface area contributed by atoms with E-state index in [1.165, 1.54) is 24.3 Å². The molecule has 0 aliphatic heterocycles. The fourth-order valence-corrected chi connectivity index (χ4v) is 1.76. The lowest BCUT2D eigenvalue weighted by molar-refractivity contribution is 0.0682. The lowest BCUT2D eigenvalue weighted by atomic mass is 10.1. The maximum absolute atomic E-state index is 10.8. The van der Waals surface area contributed by atoms with Gasteiger partial charge < -0.3 is 10.2 Å². The van der Waals surface area contributed by atoms with Crippen molar-refractivity contribution in [3.8, 4) is 0 Å². The van der Waals surface area contributed by atoms with Crippen LogP contribution in [-0.4, -0.2) is 27.1 Å². The molecule has 1 heterocycles. The van der Waals surface area contributed by atoms with Crippen LogP contribution in [0.4, 0.5) is 0 Å². The summed E-state index contributed by atoms with van der Waals surface area (Å²) in [6, 6.07) is 5.45. The quantitative estimate of drug-likeness (QED) is 0.855. The number of nitrogens with zero attached hydrogens (tertiary/aromatic N) is 1. The molecule has 0 unspecified atom stereocenters. The molecular weight excluding hydrogens is 246 g/mol. The Labute approximate surface area is 100 Å². The van der Waals surface area contributed by atoms with Crippen LogP contribution in [0.5, 0.6) is 0 Å². The predicted octanol–water partition coefficient (Wildman–Crippen LogP) is 2.28. The fourth-order valence-electron chi connectivity index (χ4n) is 1.45. The summed E-state index contributed by atoms with van der Waals surface area (Å²) in [7, 11) is 0. The molecule has 2 N–H and O–H groups in total. The Morgan fingerprint density at radius 1 is 1.06 bits per heavy atom. The van der Waals surface area contributed by atoms with Crippen molar-refractivity contribution in [2.24, 2.45) is 0 Å². The average molecular weight is 252 g/mol. The van der Waals surface area contributed by atoms with Crippen molar-refractivity contribution in [2.75, 3.05) is 0 Å². The summed E-state index contributed by atoms with van der Waals surface area (Å²) in [5.74, 6) is -2.29. The molecule has 0 aliphatic carbocycles. The van der Waals surface area contributed by atoms with Crippen molar-refractivity contribution in [3.63, 3.8) is 0 Å². The van der Waals surface area contributed by atoms with Gasteiger partial charge in [0.25, 0.3) is 0 Å². The first-order valence-corrected chi connectivity index (χ1v) is 4.94. The largest absolute Gasteiger partial charge is 0.478 e. The van der Waals surface area contributed by atoms with E-state index in [4.69, 9.17) is 21.8 Å². The number of fused-ring (bicyclic) bond motifs is 1. The third-order valence-electron chi connectivity index (χ3n) is 2.26. The Bertz CT molecular complexity index is 639. The maximum atomic E-state index is 10.8. The van der Waals surface area contributed by atoms with Gasteiger partial charge in [0, 0.05) is 5.39 Å². The Morgan fingerprint density at radius 3 is 2.35 bits per heavy atom. The number of hydrogen-bond donors (Lipinski definition) is 2. The topological polar surface area (TPSA) is 87.5 Å². The Kier molecular flexibility index (Phi) is 2.69. The zero-order chi connectivity index (χ0) is 12.6. The van der Waals surface area contributed by atoms with Gasteiger partial charge in [-0.3, -0.25) is 0 Å². The highest BCUT2D eigenvalue weighted by atomic mass is 35.5. The van der Waals surface area contributed by atoms with Crippen LogP contribution in [0.1, 0.15) is 20.8 Å². The zero-order valence-corrected chi connectivity index (χ0v) is 9.10. The van der Waals surface area contributed by atoms with Gasteiger partial charge in [-0.25, -0.2) is 14.6 Å². The lowest BCUT2D eigenvalue weighted by Gasteiger charge is -2.04. The molecule has 2 aromatic rings. The normalized spacial score (nSPS) is 10.4. The minimum Gasteiger partial charge on any atom is -0.478 e. The monoisotopic (exact) mass is 251 g/mol. The first-order valence-electron chi connectivity index (χ1n) is 4.56. The number of carboxylic acid groups (broad SMARTS) is 2. The number of carboxylic acids is 2. The lowest BCUT2D eigenvalue weighted by Crippen LogP contribution is -2.02. The summed E-state index contributed by atoms with van der Waals surface area (Å²) in [6.45, 7) is 0. The molecule has 2 rings (SSSR count). The van der Waals surface area contributed by atoms with Gasteiger partial charge in [0.05, 0.1) is 16.1 Å². The summed E-state index contributed by atoms with van der Waals surface area (Å²) in [5, 5.41) is 18.1. The van der Waals surface area contributed by atoms with Gasteiger partial charge in [0.2, 0.25) is 0 Å². The molecule has 0 radical (unpaired) electrons. The second-order valence-electron chi connectivity index (χ2n) is 3.30. The SMILES string of the molecule is O=C(O)c1ccc2c(Cl)c(C(=O)O)ccc2n1. The van der Waals surface area contributed by atoms with Crippen molar-refractivity contribution in [1.29, 1.82) is 0 Å². The van der Waals surface area contributed by atoms with E-state index >= 15 is 0 Å². The molecule has 0 atom stereocenters. The van der Waals surface area contributed by atoms with Gasteiger partial charge in [-0.15, -0.1) is 0 Å². The highest BCUT2D eigenvalue weighted by molar-refractivity contribution is 6.38. The van der Waals surface area contributed by atoms with E-state index in [2.05, 4.69) is 4.98 Å². The van der Waals surface area contributed by atoms with Gasteiger partial charge >= 0.3 is 11.9 Å². The highest BCUT2D eigenvalue weighted by Gasteiger charge is 2.13. The van der Waals surface area contributed by atoms with E-state index in [1.807, 2.05) is 0 Å². The number of rotatable bonds is 2. The first-order chi connectivity index (χ1) is 8.00. The van der Waals surface area contributed by atoms with Crippen molar-refractivity contribution >= 4 is 34.4 Å². The molecule has 5 nitrogen and oxygen atoms in total. The predicted molar refractivity (Wildman–Crippen MR) is 60.7 cm³/mol. The number of pyridine rings is 1. The number of benzene rings is 1. The summed E-state index contributed by atoms with van der Waals surface area (Å²) in [6.07, 6.45) is 0. The van der Waals surface area contributed by atoms with Gasteiger partial charge in [-0.1, -0.05) is 11.6 Å². The fraction of sp³-hybridized carbons (Fsp3) is 0. The summed E-state index contributed by atoms with van der Waals surface area (Å²) < 4.78 is 0. The minimum absolute atomic E-state index is 0.0379. The van der Waals surface area contributed by atoms with Gasteiger partial charge in [0.1, 0.15) is 5.69 Å².